The number of piperazine rings is 1. The second kappa shape index (κ2) is 6.87. The van der Waals surface area contributed by atoms with E-state index >= 15 is 0 Å². The van der Waals surface area contributed by atoms with Gasteiger partial charge >= 0.3 is 0 Å². The monoisotopic (exact) mass is 357 g/mol. The minimum absolute atomic E-state index is 0. The van der Waals surface area contributed by atoms with Crippen molar-refractivity contribution in [3.05, 3.63) is 40.0 Å². The molecule has 3 heterocycles. The standard InChI is InChI=1S/C15H15N3OS.2ClH/c19-15-14-11(3-8-20-14)12-9-10(1-2-13(12)17-15)18-6-4-16-5-7-18;;/h1-3,8-9,16H,4-7H2,(H,17,19);2*1H. The minimum Gasteiger partial charge on any atom is -0.369 e. The van der Waals surface area contributed by atoms with Crippen LogP contribution >= 0.6 is 36.2 Å². The van der Waals surface area contributed by atoms with Gasteiger partial charge in [0.2, 0.25) is 0 Å². The highest BCUT2D eigenvalue weighted by molar-refractivity contribution is 7.17. The number of benzene rings is 1. The highest BCUT2D eigenvalue weighted by Gasteiger charge is 2.12. The van der Waals surface area contributed by atoms with E-state index < -0.39 is 0 Å². The van der Waals surface area contributed by atoms with Gasteiger partial charge in [0.05, 0.1) is 0 Å². The Morgan fingerprint density at radius 1 is 1.05 bits per heavy atom. The topological polar surface area (TPSA) is 48.1 Å². The van der Waals surface area contributed by atoms with Crippen LogP contribution in [0.25, 0.3) is 21.0 Å². The molecule has 4 rings (SSSR count). The molecule has 1 aliphatic rings. The molecule has 1 aliphatic heterocycles. The lowest BCUT2D eigenvalue weighted by atomic mass is 10.1. The first-order chi connectivity index (χ1) is 9.83. The summed E-state index contributed by atoms with van der Waals surface area (Å²) >= 11 is 1.50. The second-order valence-corrected chi connectivity index (χ2v) is 6.00. The molecule has 0 spiro atoms. The maximum Gasteiger partial charge on any atom is 0.266 e. The molecule has 0 saturated carbocycles. The first kappa shape index (κ1) is 17.1. The molecule has 7 heteroatoms. The second-order valence-electron chi connectivity index (χ2n) is 5.08. The normalized spacial score (nSPS) is 14.6. The van der Waals surface area contributed by atoms with Gasteiger partial charge in [0.1, 0.15) is 4.70 Å². The number of rotatable bonds is 1. The zero-order valence-electron chi connectivity index (χ0n) is 11.8. The number of thiophene rings is 1. The molecule has 0 aliphatic carbocycles. The van der Waals surface area contributed by atoms with E-state index in [2.05, 4.69) is 27.3 Å². The number of nitrogens with one attached hydrogen (secondary N) is 2. The van der Waals surface area contributed by atoms with Crippen LogP contribution in [0.5, 0.6) is 0 Å². The SMILES string of the molecule is Cl.Cl.O=c1[nH]c2ccc(N3CCNCC3)cc2c2ccsc12. The molecule has 0 atom stereocenters. The van der Waals surface area contributed by atoms with E-state index in [0.29, 0.717) is 0 Å². The van der Waals surface area contributed by atoms with Crippen LogP contribution in [0.15, 0.2) is 34.4 Å². The predicted octanol–water partition coefficient (Wildman–Crippen LogP) is 3.00. The van der Waals surface area contributed by atoms with Crippen molar-refractivity contribution in [3.63, 3.8) is 0 Å². The lowest BCUT2D eigenvalue weighted by molar-refractivity contribution is 0.589. The van der Waals surface area contributed by atoms with E-state index in [4.69, 9.17) is 0 Å². The fourth-order valence-electron chi connectivity index (χ4n) is 2.86. The van der Waals surface area contributed by atoms with Gasteiger partial charge in [-0.05, 0) is 29.6 Å². The summed E-state index contributed by atoms with van der Waals surface area (Å²) in [5.41, 5.74) is 2.16. The number of fused-ring (bicyclic) bond motifs is 3. The number of hydrogen-bond acceptors (Lipinski definition) is 4. The highest BCUT2D eigenvalue weighted by atomic mass is 35.5. The van der Waals surface area contributed by atoms with Crippen molar-refractivity contribution in [1.82, 2.24) is 10.3 Å². The average Bonchev–Trinajstić information content (AvgIpc) is 2.98. The third-order valence-electron chi connectivity index (χ3n) is 3.90. The van der Waals surface area contributed by atoms with Crippen LogP contribution in [0.4, 0.5) is 5.69 Å². The van der Waals surface area contributed by atoms with Gasteiger partial charge in [0.15, 0.2) is 0 Å². The van der Waals surface area contributed by atoms with Crippen LogP contribution in [0.3, 0.4) is 0 Å². The van der Waals surface area contributed by atoms with Crippen molar-refractivity contribution in [2.75, 3.05) is 31.1 Å². The number of nitrogens with zero attached hydrogens (tertiary/aromatic N) is 1. The van der Waals surface area contributed by atoms with E-state index in [0.717, 1.165) is 47.2 Å². The molecule has 0 bridgehead atoms. The summed E-state index contributed by atoms with van der Waals surface area (Å²) in [7, 11) is 0. The van der Waals surface area contributed by atoms with Crippen molar-refractivity contribution < 1.29 is 0 Å². The molecule has 0 amide bonds. The number of halogens is 2. The first-order valence-corrected chi connectivity index (χ1v) is 7.70. The summed E-state index contributed by atoms with van der Waals surface area (Å²) in [5.74, 6) is 0. The molecule has 0 radical (unpaired) electrons. The van der Waals surface area contributed by atoms with Gasteiger partial charge in [-0.15, -0.1) is 36.2 Å². The first-order valence-electron chi connectivity index (χ1n) is 6.82. The maximum atomic E-state index is 12.0. The number of pyridine rings is 1. The molecule has 1 fully saturated rings. The Labute approximate surface area is 144 Å². The lowest BCUT2D eigenvalue weighted by Gasteiger charge is -2.29. The van der Waals surface area contributed by atoms with Crippen molar-refractivity contribution >= 4 is 62.8 Å². The lowest BCUT2D eigenvalue weighted by Crippen LogP contribution is -2.43. The van der Waals surface area contributed by atoms with E-state index in [1.165, 1.54) is 17.0 Å². The quantitative estimate of drug-likeness (QED) is 0.703. The van der Waals surface area contributed by atoms with Crippen molar-refractivity contribution in [1.29, 1.82) is 0 Å². The maximum absolute atomic E-state index is 12.0. The van der Waals surface area contributed by atoms with Gasteiger partial charge in [-0.25, -0.2) is 0 Å². The smallest absolute Gasteiger partial charge is 0.266 e. The van der Waals surface area contributed by atoms with E-state index in [1.807, 2.05) is 17.5 Å². The third kappa shape index (κ3) is 2.82. The number of aromatic nitrogens is 1. The van der Waals surface area contributed by atoms with Crippen LogP contribution < -0.4 is 15.8 Å². The molecule has 118 valence electrons. The van der Waals surface area contributed by atoms with Gasteiger partial charge in [-0.2, -0.15) is 0 Å². The molecule has 3 aromatic rings. The summed E-state index contributed by atoms with van der Waals surface area (Å²) in [4.78, 5) is 17.3. The summed E-state index contributed by atoms with van der Waals surface area (Å²) in [5, 5.41) is 7.55. The van der Waals surface area contributed by atoms with Crippen LogP contribution in [-0.2, 0) is 0 Å². The Balaban J connectivity index is 0.000000882. The summed E-state index contributed by atoms with van der Waals surface area (Å²) in [6.45, 7) is 4.11. The van der Waals surface area contributed by atoms with Crippen LogP contribution in [0, 0.1) is 0 Å². The summed E-state index contributed by atoms with van der Waals surface area (Å²) in [6.07, 6.45) is 0. The van der Waals surface area contributed by atoms with Crippen LogP contribution in [0.1, 0.15) is 0 Å². The van der Waals surface area contributed by atoms with Gasteiger partial charge in [-0.3, -0.25) is 4.79 Å². The number of hydrogen-bond donors (Lipinski definition) is 2. The van der Waals surface area contributed by atoms with Crippen molar-refractivity contribution in [3.8, 4) is 0 Å². The van der Waals surface area contributed by atoms with Gasteiger partial charge < -0.3 is 15.2 Å². The van der Waals surface area contributed by atoms with Crippen molar-refractivity contribution in [2.24, 2.45) is 0 Å². The zero-order chi connectivity index (χ0) is 13.5. The molecule has 4 nitrogen and oxygen atoms in total. The predicted molar refractivity (Wildman–Crippen MR) is 99.5 cm³/mol. The van der Waals surface area contributed by atoms with Crippen molar-refractivity contribution in [2.45, 2.75) is 0 Å². The number of anilines is 1. The Bertz CT molecular complexity index is 840. The summed E-state index contributed by atoms with van der Waals surface area (Å²) in [6, 6.07) is 8.36. The largest absolute Gasteiger partial charge is 0.369 e. The average molecular weight is 358 g/mol. The fourth-order valence-corrected chi connectivity index (χ4v) is 3.66. The van der Waals surface area contributed by atoms with E-state index in [9.17, 15) is 4.79 Å². The molecule has 0 unspecified atom stereocenters. The molecule has 22 heavy (non-hydrogen) atoms. The Hall–Kier alpha value is -1.27. The molecule has 2 N–H and O–H groups in total. The Morgan fingerprint density at radius 3 is 2.59 bits per heavy atom. The van der Waals surface area contributed by atoms with E-state index in [-0.39, 0.29) is 30.4 Å². The Morgan fingerprint density at radius 2 is 1.82 bits per heavy atom. The van der Waals surface area contributed by atoms with Crippen LogP contribution in [0.2, 0.25) is 0 Å². The summed E-state index contributed by atoms with van der Waals surface area (Å²) < 4.78 is 0.815. The molecule has 1 aromatic carbocycles. The highest BCUT2D eigenvalue weighted by Crippen LogP contribution is 2.28. The molecule has 1 saturated heterocycles. The number of aromatic amines is 1. The van der Waals surface area contributed by atoms with Gasteiger partial charge in [0.25, 0.3) is 5.56 Å². The third-order valence-corrected chi connectivity index (χ3v) is 4.81. The molecular formula is C15H17Cl2N3OS. The zero-order valence-corrected chi connectivity index (χ0v) is 14.2. The van der Waals surface area contributed by atoms with Crippen LogP contribution in [-0.4, -0.2) is 31.2 Å². The van der Waals surface area contributed by atoms with E-state index in [1.54, 1.807) is 0 Å². The minimum atomic E-state index is 0. The van der Waals surface area contributed by atoms with Gasteiger partial charge in [-0.1, -0.05) is 0 Å². The molecule has 2 aromatic heterocycles. The van der Waals surface area contributed by atoms with Gasteiger partial charge in [0, 0.05) is 48.2 Å². The number of H-pyrrole nitrogens is 1. The molecular weight excluding hydrogens is 341 g/mol. The Kier molecular flexibility index (Phi) is 5.34. The fraction of sp³-hybridized carbons (Fsp3) is 0.267.